The molecular formula is C45H28N4Si. The standard InChI is InChI=1S/C45H28N4Si/c1-47-41-25-24-37(50(34-14-6-3-7-15-34,35-16-8-4-9-17-35)36-18-10-5-11-19-36)30-39(41)33-23-27-45(42(29-33)48-2)49-43-21-13-12-20-38(43)40-28-32(31-46)22-26-44(40)49/h3-30H. The van der Waals surface area contributed by atoms with E-state index >= 15 is 0 Å². The van der Waals surface area contributed by atoms with E-state index in [4.69, 9.17) is 13.1 Å². The summed E-state index contributed by atoms with van der Waals surface area (Å²) in [5.41, 5.74) is 5.87. The SMILES string of the molecule is [C-]#[N+]c1ccc([Si](c2ccccc2)(c2ccccc2)c2ccccc2)cc1-c1ccc(-n2c3ccccc3c3cc(C#N)ccc32)c([N+]#[C-])c1. The van der Waals surface area contributed by atoms with Gasteiger partial charge in [-0.1, -0.05) is 133 Å². The zero-order valence-electron chi connectivity index (χ0n) is 27.0. The Hall–Kier alpha value is -6.97. The van der Waals surface area contributed by atoms with E-state index < -0.39 is 8.07 Å². The molecule has 5 heteroatoms. The average molecular weight is 653 g/mol. The number of fused-ring (bicyclic) bond motifs is 3. The molecule has 0 N–H and O–H groups in total. The molecule has 0 aliphatic heterocycles. The third-order valence-electron chi connectivity index (χ3n) is 9.62. The molecule has 0 saturated carbocycles. The minimum Gasteiger partial charge on any atom is -0.319 e. The summed E-state index contributed by atoms with van der Waals surface area (Å²) in [6, 6.07) is 60.4. The van der Waals surface area contributed by atoms with E-state index in [-0.39, 0.29) is 0 Å². The molecule has 0 radical (unpaired) electrons. The van der Waals surface area contributed by atoms with E-state index in [1.54, 1.807) is 0 Å². The van der Waals surface area contributed by atoms with Gasteiger partial charge in [0.05, 0.1) is 41.5 Å². The Balaban J connectivity index is 1.37. The lowest BCUT2D eigenvalue weighted by atomic mass is 10.0. The number of nitrogens with zero attached hydrogens (tertiary/aromatic N) is 4. The van der Waals surface area contributed by atoms with Gasteiger partial charge in [-0.15, -0.1) is 0 Å². The average Bonchev–Trinajstić information content (AvgIpc) is 3.52. The van der Waals surface area contributed by atoms with Crippen molar-refractivity contribution in [2.45, 2.75) is 0 Å². The van der Waals surface area contributed by atoms with Crippen molar-refractivity contribution in [3.05, 3.63) is 198 Å². The molecule has 0 bridgehead atoms. The molecule has 1 aromatic heterocycles. The normalized spacial score (nSPS) is 11.1. The molecule has 0 atom stereocenters. The maximum absolute atomic E-state index is 9.61. The van der Waals surface area contributed by atoms with Gasteiger partial charge in [-0.25, -0.2) is 9.69 Å². The zero-order chi connectivity index (χ0) is 34.1. The molecule has 0 unspecified atom stereocenters. The van der Waals surface area contributed by atoms with Gasteiger partial charge in [-0.05, 0) is 68.3 Å². The van der Waals surface area contributed by atoms with Crippen LogP contribution in [0.1, 0.15) is 5.56 Å². The number of para-hydroxylation sites is 1. The van der Waals surface area contributed by atoms with E-state index in [0.29, 0.717) is 16.9 Å². The van der Waals surface area contributed by atoms with Gasteiger partial charge in [0, 0.05) is 10.8 Å². The first-order chi connectivity index (χ1) is 24.7. The molecule has 8 aromatic rings. The highest BCUT2D eigenvalue weighted by Gasteiger charge is 2.41. The summed E-state index contributed by atoms with van der Waals surface area (Å²) in [5, 5.41) is 16.5. The van der Waals surface area contributed by atoms with E-state index in [1.165, 1.54) is 15.6 Å². The lowest BCUT2D eigenvalue weighted by Crippen LogP contribution is -2.74. The summed E-state index contributed by atoms with van der Waals surface area (Å²) in [5.74, 6) is 0. The second-order valence-electron chi connectivity index (χ2n) is 12.2. The van der Waals surface area contributed by atoms with E-state index in [1.807, 2.05) is 60.7 Å². The van der Waals surface area contributed by atoms with Crippen LogP contribution < -0.4 is 20.7 Å². The summed E-state index contributed by atoms with van der Waals surface area (Å²) < 4.78 is 2.10. The number of aromatic nitrogens is 1. The lowest BCUT2D eigenvalue weighted by molar-refractivity contribution is 1.19. The molecular weight excluding hydrogens is 625 g/mol. The van der Waals surface area contributed by atoms with Crippen molar-refractivity contribution < 1.29 is 0 Å². The fourth-order valence-corrected chi connectivity index (χ4v) is 12.2. The third kappa shape index (κ3) is 4.80. The second kappa shape index (κ2) is 12.6. The van der Waals surface area contributed by atoms with Gasteiger partial charge in [0.15, 0.2) is 13.8 Å². The molecule has 8 rings (SSSR count). The monoisotopic (exact) mass is 652 g/mol. The molecule has 0 aliphatic rings. The fraction of sp³-hybridized carbons (Fsp3) is 0. The Morgan fingerprint density at radius 2 is 1.08 bits per heavy atom. The van der Waals surface area contributed by atoms with Gasteiger partial charge < -0.3 is 4.57 Å². The van der Waals surface area contributed by atoms with Gasteiger partial charge in [0.1, 0.15) is 0 Å². The summed E-state index contributed by atoms with van der Waals surface area (Å²) in [6.45, 7) is 16.5. The van der Waals surface area contributed by atoms with Crippen LogP contribution in [-0.2, 0) is 0 Å². The highest BCUT2D eigenvalue weighted by atomic mass is 28.3. The Morgan fingerprint density at radius 3 is 1.68 bits per heavy atom. The molecule has 0 spiro atoms. The highest BCUT2D eigenvalue weighted by Crippen LogP contribution is 2.39. The fourth-order valence-electron chi connectivity index (χ4n) is 7.43. The van der Waals surface area contributed by atoms with Crippen molar-refractivity contribution in [3.8, 4) is 22.9 Å². The minimum absolute atomic E-state index is 0.480. The first-order valence-electron chi connectivity index (χ1n) is 16.3. The quantitative estimate of drug-likeness (QED) is 0.101. The predicted molar refractivity (Wildman–Crippen MR) is 207 cm³/mol. The van der Waals surface area contributed by atoms with E-state index in [0.717, 1.165) is 43.8 Å². The summed E-state index contributed by atoms with van der Waals surface area (Å²) in [4.78, 5) is 8.01. The molecule has 232 valence electrons. The maximum Gasteiger partial charge on any atom is 0.211 e. The molecule has 0 fully saturated rings. The Bertz CT molecular complexity index is 2580. The largest absolute Gasteiger partial charge is 0.319 e. The zero-order valence-corrected chi connectivity index (χ0v) is 28.0. The van der Waals surface area contributed by atoms with Crippen LogP contribution in [0.2, 0.25) is 0 Å². The third-order valence-corrected chi connectivity index (χ3v) is 14.4. The Morgan fingerprint density at radius 1 is 0.500 bits per heavy atom. The van der Waals surface area contributed by atoms with Crippen molar-refractivity contribution in [3.63, 3.8) is 0 Å². The van der Waals surface area contributed by atoms with E-state index in [2.05, 4.69) is 130 Å². The molecule has 4 nitrogen and oxygen atoms in total. The predicted octanol–water partition coefficient (Wildman–Crippen LogP) is 8.80. The smallest absolute Gasteiger partial charge is 0.211 e. The van der Waals surface area contributed by atoms with Gasteiger partial charge in [0.2, 0.25) is 5.69 Å². The number of rotatable bonds is 6. The minimum atomic E-state index is -2.84. The molecule has 50 heavy (non-hydrogen) atoms. The van der Waals surface area contributed by atoms with Crippen molar-refractivity contribution >= 4 is 62.0 Å². The van der Waals surface area contributed by atoms with Crippen LogP contribution in [0.25, 0.3) is 48.3 Å². The van der Waals surface area contributed by atoms with Gasteiger partial charge >= 0.3 is 0 Å². The molecule has 7 aromatic carbocycles. The van der Waals surface area contributed by atoms with Crippen LogP contribution in [0.5, 0.6) is 0 Å². The number of nitriles is 1. The Kier molecular flexibility index (Phi) is 7.63. The Labute approximate surface area is 292 Å². The van der Waals surface area contributed by atoms with Crippen molar-refractivity contribution in [2.24, 2.45) is 0 Å². The van der Waals surface area contributed by atoms with Crippen LogP contribution in [0.15, 0.2) is 170 Å². The first-order valence-corrected chi connectivity index (χ1v) is 18.3. The molecule has 0 amide bonds. The van der Waals surface area contributed by atoms with Crippen molar-refractivity contribution in [2.75, 3.05) is 0 Å². The summed E-state index contributed by atoms with van der Waals surface area (Å²) in [7, 11) is -2.84. The van der Waals surface area contributed by atoms with Gasteiger partial charge in [-0.3, -0.25) is 0 Å². The number of hydrogen-bond acceptors (Lipinski definition) is 1. The van der Waals surface area contributed by atoms with Crippen LogP contribution in [-0.4, -0.2) is 12.6 Å². The topological polar surface area (TPSA) is 37.4 Å². The van der Waals surface area contributed by atoms with Gasteiger partial charge in [-0.2, -0.15) is 5.26 Å². The molecule has 0 saturated heterocycles. The lowest BCUT2D eigenvalue weighted by Gasteiger charge is -2.35. The second-order valence-corrected chi connectivity index (χ2v) is 16.0. The van der Waals surface area contributed by atoms with Crippen LogP contribution >= 0.6 is 0 Å². The number of benzene rings is 7. The molecule has 0 aliphatic carbocycles. The van der Waals surface area contributed by atoms with Crippen LogP contribution in [0.4, 0.5) is 11.4 Å². The van der Waals surface area contributed by atoms with Crippen LogP contribution in [0.3, 0.4) is 0 Å². The summed E-state index contributed by atoms with van der Waals surface area (Å²) >= 11 is 0. The maximum atomic E-state index is 9.61. The van der Waals surface area contributed by atoms with Gasteiger partial charge in [0.25, 0.3) is 0 Å². The summed E-state index contributed by atoms with van der Waals surface area (Å²) in [6.07, 6.45) is 0. The number of hydrogen-bond donors (Lipinski definition) is 0. The van der Waals surface area contributed by atoms with E-state index in [9.17, 15) is 5.26 Å². The van der Waals surface area contributed by atoms with Crippen molar-refractivity contribution in [1.29, 1.82) is 5.26 Å². The van der Waals surface area contributed by atoms with Crippen molar-refractivity contribution in [1.82, 2.24) is 4.57 Å². The highest BCUT2D eigenvalue weighted by molar-refractivity contribution is 7.19. The first kappa shape index (κ1) is 30.4. The van der Waals surface area contributed by atoms with Crippen LogP contribution in [0, 0.1) is 24.5 Å². The molecule has 1 heterocycles.